The normalized spacial score (nSPS) is 33.1. The summed E-state index contributed by atoms with van der Waals surface area (Å²) in [7, 11) is 0. The molecule has 3 fully saturated rings. The molecule has 3 aliphatic rings. The molecule has 23 heavy (non-hydrogen) atoms. The van der Waals surface area contributed by atoms with E-state index in [2.05, 4.69) is 10.6 Å². The first-order valence-electron chi connectivity index (χ1n) is 8.89. The van der Waals surface area contributed by atoms with Crippen LogP contribution in [0.3, 0.4) is 0 Å². The molecule has 124 valence electrons. The van der Waals surface area contributed by atoms with Crippen LogP contribution in [0.15, 0.2) is 24.3 Å². The standard InChI is InChI=1S/C18H24FN3S/c19-12-4-6-13(7-5-12)20-18(23)21-14-10-16-2-1-3-17(11-14)22(16)15-8-9-15/h4-7,14-17H,1-3,8-11H2,(H2,20,21,23)/p+1/t16-,17-/m1/s1. The van der Waals surface area contributed by atoms with Crippen molar-refractivity contribution in [2.45, 2.75) is 69.1 Å². The van der Waals surface area contributed by atoms with Crippen molar-refractivity contribution in [3.8, 4) is 0 Å². The molecule has 0 radical (unpaired) electrons. The summed E-state index contributed by atoms with van der Waals surface area (Å²) in [6.45, 7) is 0. The van der Waals surface area contributed by atoms with Gasteiger partial charge in [-0.2, -0.15) is 0 Å². The summed E-state index contributed by atoms with van der Waals surface area (Å²) in [5.74, 6) is -0.224. The lowest BCUT2D eigenvalue weighted by Crippen LogP contribution is -3.22. The SMILES string of the molecule is Fc1ccc(NC(=S)NC2C[C@H]3CCC[C@H](C2)[NH+]3C2CC2)cc1. The molecule has 0 unspecified atom stereocenters. The van der Waals surface area contributed by atoms with Crippen LogP contribution in [0.5, 0.6) is 0 Å². The zero-order chi connectivity index (χ0) is 15.8. The van der Waals surface area contributed by atoms with Crippen molar-refractivity contribution in [2.75, 3.05) is 5.32 Å². The van der Waals surface area contributed by atoms with Crippen LogP contribution in [0.2, 0.25) is 0 Å². The summed E-state index contributed by atoms with van der Waals surface area (Å²) < 4.78 is 13.0. The topological polar surface area (TPSA) is 28.5 Å². The van der Waals surface area contributed by atoms with E-state index in [9.17, 15) is 4.39 Å². The van der Waals surface area contributed by atoms with Gasteiger partial charge in [-0.25, -0.2) is 4.39 Å². The summed E-state index contributed by atoms with van der Waals surface area (Å²) in [5.41, 5.74) is 0.838. The Morgan fingerprint density at radius 1 is 1.00 bits per heavy atom. The third kappa shape index (κ3) is 3.50. The van der Waals surface area contributed by atoms with Crippen LogP contribution in [-0.2, 0) is 0 Å². The molecule has 0 aromatic heterocycles. The number of piperidine rings is 2. The third-order valence-corrected chi connectivity index (χ3v) is 5.89. The van der Waals surface area contributed by atoms with Gasteiger partial charge in [0.15, 0.2) is 5.11 Å². The molecule has 4 rings (SSSR count). The highest BCUT2D eigenvalue weighted by molar-refractivity contribution is 7.80. The number of anilines is 1. The first kappa shape index (κ1) is 15.3. The minimum absolute atomic E-state index is 0.224. The molecule has 1 aromatic carbocycles. The summed E-state index contributed by atoms with van der Waals surface area (Å²) in [5, 5.41) is 7.34. The molecule has 1 aliphatic carbocycles. The molecule has 2 saturated heterocycles. The quantitative estimate of drug-likeness (QED) is 0.741. The van der Waals surface area contributed by atoms with Crippen molar-refractivity contribution in [3.63, 3.8) is 0 Å². The van der Waals surface area contributed by atoms with Crippen molar-refractivity contribution in [1.82, 2.24) is 5.32 Å². The van der Waals surface area contributed by atoms with Crippen LogP contribution in [0.25, 0.3) is 0 Å². The first-order valence-corrected chi connectivity index (χ1v) is 9.29. The second-order valence-electron chi connectivity index (χ2n) is 7.37. The number of benzene rings is 1. The maximum atomic E-state index is 13.0. The van der Waals surface area contributed by atoms with Gasteiger partial charge in [-0.1, -0.05) is 0 Å². The molecule has 2 atom stereocenters. The number of halogens is 1. The van der Waals surface area contributed by atoms with E-state index < -0.39 is 0 Å². The lowest BCUT2D eigenvalue weighted by Gasteiger charge is -2.46. The molecule has 2 aliphatic heterocycles. The van der Waals surface area contributed by atoms with Crippen LogP contribution < -0.4 is 15.5 Å². The lowest BCUT2D eigenvalue weighted by molar-refractivity contribution is -0.971. The fourth-order valence-electron chi connectivity index (χ4n) is 4.66. The molecule has 1 saturated carbocycles. The van der Waals surface area contributed by atoms with Gasteiger partial charge in [0, 0.05) is 37.4 Å². The minimum atomic E-state index is -0.224. The van der Waals surface area contributed by atoms with E-state index in [1.807, 2.05) is 4.90 Å². The Kier molecular flexibility index (Phi) is 4.24. The zero-order valence-corrected chi connectivity index (χ0v) is 14.2. The Balaban J connectivity index is 1.34. The van der Waals surface area contributed by atoms with Crippen LogP contribution in [0.4, 0.5) is 10.1 Å². The van der Waals surface area contributed by atoms with Crippen LogP contribution in [-0.4, -0.2) is 29.3 Å². The number of hydrogen-bond acceptors (Lipinski definition) is 1. The smallest absolute Gasteiger partial charge is 0.171 e. The number of quaternary nitrogens is 1. The minimum Gasteiger partial charge on any atom is -0.359 e. The number of nitrogens with one attached hydrogen (secondary N) is 3. The average molecular weight is 334 g/mol. The molecule has 1 aromatic rings. The fraction of sp³-hybridized carbons (Fsp3) is 0.611. The van der Waals surface area contributed by atoms with Gasteiger partial charge in [0.2, 0.25) is 0 Å². The Labute approximate surface area is 142 Å². The van der Waals surface area contributed by atoms with Gasteiger partial charge in [-0.05, 0) is 55.7 Å². The molecular weight excluding hydrogens is 309 g/mol. The Morgan fingerprint density at radius 2 is 1.65 bits per heavy atom. The average Bonchev–Trinajstić information content (AvgIpc) is 3.33. The van der Waals surface area contributed by atoms with E-state index >= 15 is 0 Å². The summed E-state index contributed by atoms with van der Waals surface area (Å²) in [6, 6.07) is 9.42. The highest BCUT2D eigenvalue weighted by Gasteiger charge is 2.48. The molecule has 0 amide bonds. The maximum absolute atomic E-state index is 13.0. The third-order valence-electron chi connectivity index (χ3n) is 5.67. The van der Waals surface area contributed by atoms with Crippen LogP contribution in [0, 0.1) is 5.82 Å². The Hall–Kier alpha value is -1.20. The maximum Gasteiger partial charge on any atom is 0.171 e. The molecule has 5 heteroatoms. The van der Waals surface area contributed by atoms with E-state index in [1.54, 1.807) is 12.1 Å². The van der Waals surface area contributed by atoms with E-state index in [0.29, 0.717) is 11.2 Å². The highest BCUT2D eigenvalue weighted by atomic mass is 32.1. The zero-order valence-electron chi connectivity index (χ0n) is 13.4. The first-order chi connectivity index (χ1) is 11.2. The lowest BCUT2D eigenvalue weighted by atomic mass is 9.81. The molecule has 3 nitrogen and oxygen atoms in total. The molecule has 2 heterocycles. The van der Waals surface area contributed by atoms with Gasteiger partial charge in [-0.15, -0.1) is 0 Å². The largest absolute Gasteiger partial charge is 0.359 e. The van der Waals surface area contributed by atoms with Gasteiger partial charge in [0.05, 0.1) is 18.1 Å². The second kappa shape index (κ2) is 6.36. The number of fused-ring (bicyclic) bond motifs is 2. The van der Waals surface area contributed by atoms with Crippen LogP contribution >= 0.6 is 12.2 Å². The second-order valence-corrected chi connectivity index (χ2v) is 7.78. The van der Waals surface area contributed by atoms with Crippen molar-refractivity contribution in [3.05, 3.63) is 30.1 Å². The summed E-state index contributed by atoms with van der Waals surface area (Å²) in [6.07, 6.45) is 9.48. The van der Waals surface area contributed by atoms with Crippen molar-refractivity contribution in [1.29, 1.82) is 0 Å². The summed E-state index contributed by atoms with van der Waals surface area (Å²) >= 11 is 5.45. The highest BCUT2D eigenvalue weighted by Crippen LogP contribution is 2.27. The van der Waals surface area contributed by atoms with Crippen LogP contribution in [0.1, 0.15) is 44.9 Å². The van der Waals surface area contributed by atoms with E-state index in [4.69, 9.17) is 12.2 Å². The molecule has 3 N–H and O–H groups in total. The van der Waals surface area contributed by atoms with E-state index in [0.717, 1.165) is 23.8 Å². The number of rotatable bonds is 3. The van der Waals surface area contributed by atoms with Gasteiger partial charge in [0.1, 0.15) is 5.82 Å². The van der Waals surface area contributed by atoms with Gasteiger partial charge in [-0.3, -0.25) is 0 Å². The van der Waals surface area contributed by atoms with Crippen molar-refractivity contribution in [2.24, 2.45) is 0 Å². The van der Waals surface area contributed by atoms with Crippen molar-refractivity contribution >= 4 is 23.0 Å². The number of thiocarbonyl (C=S) groups is 1. The predicted molar refractivity (Wildman–Crippen MR) is 94.2 cm³/mol. The van der Waals surface area contributed by atoms with Crippen molar-refractivity contribution < 1.29 is 9.29 Å². The van der Waals surface area contributed by atoms with E-state index in [-0.39, 0.29) is 5.82 Å². The van der Waals surface area contributed by atoms with Gasteiger partial charge < -0.3 is 15.5 Å². The molecule has 2 bridgehead atoms. The monoisotopic (exact) mass is 334 g/mol. The fourth-order valence-corrected chi connectivity index (χ4v) is 4.94. The number of hydrogen-bond donors (Lipinski definition) is 3. The predicted octanol–water partition coefficient (Wildman–Crippen LogP) is 2.24. The molecular formula is C18H25FN3S+. The Morgan fingerprint density at radius 3 is 2.26 bits per heavy atom. The van der Waals surface area contributed by atoms with E-state index in [1.165, 1.54) is 57.1 Å². The van der Waals surface area contributed by atoms with Gasteiger partial charge in [0.25, 0.3) is 0 Å². The Bertz CT molecular complexity index is 558. The summed E-state index contributed by atoms with van der Waals surface area (Å²) in [4.78, 5) is 1.91. The van der Waals surface area contributed by atoms with Gasteiger partial charge >= 0.3 is 0 Å². The molecule has 0 spiro atoms.